The number of nitrogen functional groups attached to an aromatic ring is 2. The van der Waals surface area contributed by atoms with Gasteiger partial charge in [-0.25, -0.2) is 0 Å². The van der Waals surface area contributed by atoms with Crippen molar-refractivity contribution < 1.29 is 0 Å². The average molecular weight is 565 g/mol. The molecule has 7 rings (SSSR count). The molecule has 2 nitrogen and oxygen atoms in total. The van der Waals surface area contributed by atoms with E-state index in [1.54, 1.807) is 0 Å². The first-order chi connectivity index (χ1) is 21.7. The lowest BCUT2D eigenvalue weighted by Gasteiger charge is -2.19. The summed E-state index contributed by atoms with van der Waals surface area (Å²) in [6, 6.07) is 59.0. The van der Waals surface area contributed by atoms with Crippen LogP contribution in [-0.2, 0) is 0 Å². The van der Waals surface area contributed by atoms with Gasteiger partial charge in [0.25, 0.3) is 0 Å². The number of hydrogen-bond acceptors (Lipinski definition) is 2. The molecule has 0 heterocycles. The minimum Gasteiger partial charge on any atom is -0.398 e. The van der Waals surface area contributed by atoms with Crippen molar-refractivity contribution in [2.45, 2.75) is 0 Å². The molecule has 0 aromatic heterocycles. The van der Waals surface area contributed by atoms with Crippen molar-refractivity contribution in [2.75, 3.05) is 11.5 Å². The number of nitrogens with two attached hydrogens (primary N) is 2. The Bertz CT molecular complexity index is 1930. The minimum absolute atomic E-state index is 0.685. The molecule has 0 saturated carbocycles. The SMILES string of the molecule is Nc1cc(-c2ccccc2-c2ccccc2-c2ccccc2)c(N)cc1-c1ccccc1-c1ccccc1-c1ccccc1. The lowest BCUT2D eigenvalue weighted by molar-refractivity contribution is 1.54. The fourth-order valence-corrected chi connectivity index (χ4v) is 6.18. The van der Waals surface area contributed by atoms with Crippen LogP contribution in [-0.4, -0.2) is 0 Å². The van der Waals surface area contributed by atoms with E-state index in [0.717, 1.165) is 44.5 Å². The van der Waals surface area contributed by atoms with E-state index < -0.39 is 0 Å². The topological polar surface area (TPSA) is 52.0 Å². The Morgan fingerprint density at radius 1 is 0.227 bits per heavy atom. The smallest absolute Gasteiger partial charge is 0.0401 e. The highest BCUT2D eigenvalue weighted by atomic mass is 14.6. The molecule has 210 valence electrons. The summed E-state index contributed by atoms with van der Waals surface area (Å²) in [4.78, 5) is 0. The van der Waals surface area contributed by atoms with E-state index in [0.29, 0.717) is 11.4 Å². The Hall–Kier alpha value is -5.86. The highest BCUT2D eigenvalue weighted by molar-refractivity contribution is 6.00. The predicted molar refractivity (Wildman–Crippen MR) is 188 cm³/mol. The van der Waals surface area contributed by atoms with Crippen LogP contribution < -0.4 is 11.5 Å². The molecule has 2 heteroatoms. The fraction of sp³-hybridized carbons (Fsp3) is 0. The molecule has 0 aliphatic carbocycles. The third kappa shape index (κ3) is 5.04. The number of rotatable bonds is 6. The molecule has 4 N–H and O–H groups in total. The fourth-order valence-electron chi connectivity index (χ4n) is 6.18. The maximum Gasteiger partial charge on any atom is 0.0401 e. The zero-order valence-corrected chi connectivity index (χ0v) is 24.3. The van der Waals surface area contributed by atoms with E-state index in [9.17, 15) is 0 Å². The molecule has 44 heavy (non-hydrogen) atoms. The molecule has 0 aliphatic rings. The molecule has 0 amide bonds. The maximum atomic E-state index is 6.91. The molecule has 0 unspecified atom stereocenters. The van der Waals surface area contributed by atoms with Gasteiger partial charge < -0.3 is 11.5 Å². The van der Waals surface area contributed by atoms with Crippen LogP contribution in [0.4, 0.5) is 11.4 Å². The molecule has 0 aliphatic heterocycles. The number of anilines is 2. The summed E-state index contributed by atoms with van der Waals surface area (Å²) in [6.07, 6.45) is 0. The van der Waals surface area contributed by atoms with Crippen LogP contribution in [0, 0.1) is 0 Å². The van der Waals surface area contributed by atoms with Gasteiger partial charge in [0.2, 0.25) is 0 Å². The first-order valence-corrected chi connectivity index (χ1v) is 14.9. The Labute approximate surface area is 258 Å². The van der Waals surface area contributed by atoms with Crippen LogP contribution in [0.25, 0.3) is 66.8 Å². The lowest BCUT2D eigenvalue weighted by atomic mass is 9.86. The van der Waals surface area contributed by atoms with Crippen LogP contribution in [0.3, 0.4) is 0 Å². The number of hydrogen-bond donors (Lipinski definition) is 2. The Morgan fingerprint density at radius 3 is 0.773 bits per heavy atom. The van der Waals surface area contributed by atoms with Gasteiger partial charge in [-0.3, -0.25) is 0 Å². The van der Waals surface area contributed by atoms with Gasteiger partial charge in [-0.05, 0) is 67.8 Å². The molecule has 0 bridgehead atoms. The molecular formula is C42H32N2. The van der Waals surface area contributed by atoms with Crippen molar-refractivity contribution in [1.29, 1.82) is 0 Å². The summed E-state index contributed by atoms with van der Waals surface area (Å²) in [5, 5.41) is 0. The molecule has 0 atom stereocenters. The molecular weight excluding hydrogens is 532 g/mol. The van der Waals surface area contributed by atoms with E-state index in [1.165, 1.54) is 22.3 Å². The summed E-state index contributed by atoms with van der Waals surface area (Å²) in [6.45, 7) is 0. The van der Waals surface area contributed by atoms with Crippen molar-refractivity contribution in [2.24, 2.45) is 0 Å². The molecule has 0 saturated heterocycles. The predicted octanol–water partition coefficient (Wildman–Crippen LogP) is 10.9. The van der Waals surface area contributed by atoms with E-state index >= 15 is 0 Å². The molecule has 0 fully saturated rings. The van der Waals surface area contributed by atoms with Crippen molar-refractivity contribution >= 4 is 11.4 Å². The van der Waals surface area contributed by atoms with Gasteiger partial charge in [-0.2, -0.15) is 0 Å². The van der Waals surface area contributed by atoms with E-state index in [2.05, 4.69) is 146 Å². The third-order valence-electron chi connectivity index (χ3n) is 8.26. The van der Waals surface area contributed by atoms with Gasteiger partial charge in [-0.15, -0.1) is 0 Å². The summed E-state index contributed by atoms with van der Waals surface area (Å²) in [7, 11) is 0. The molecule has 7 aromatic carbocycles. The minimum atomic E-state index is 0.685. The summed E-state index contributed by atoms with van der Waals surface area (Å²) >= 11 is 0. The zero-order valence-electron chi connectivity index (χ0n) is 24.3. The molecule has 0 spiro atoms. The Kier molecular flexibility index (Phi) is 7.24. The van der Waals surface area contributed by atoms with Gasteiger partial charge >= 0.3 is 0 Å². The summed E-state index contributed by atoms with van der Waals surface area (Å²) in [5.41, 5.74) is 28.4. The van der Waals surface area contributed by atoms with Crippen LogP contribution in [0.5, 0.6) is 0 Å². The first kappa shape index (κ1) is 27.0. The highest BCUT2D eigenvalue weighted by Gasteiger charge is 2.18. The Balaban J connectivity index is 1.36. The lowest BCUT2D eigenvalue weighted by Crippen LogP contribution is -1.99. The molecule has 0 radical (unpaired) electrons. The van der Waals surface area contributed by atoms with E-state index in [4.69, 9.17) is 11.5 Å². The second kappa shape index (κ2) is 11.8. The number of benzene rings is 7. The summed E-state index contributed by atoms with van der Waals surface area (Å²) in [5.74, 6) is 0. The average Bonchev–Trinajstić information content (AvgIpc) is 3.10. The third-order valence-corrected chi connectivity index (χ3v) is 8.26. The van der Waals surface area contributed by atoms with Crippen LogP contribution in [0.1, 0.15) is 0 Å². The normalized spacial score (nSPS) is 10.9. The van der Waals surface area contributed by atoms with Crippen molar-refractivity contribution in [1.82, 2.24) is 0 Å². The largest absolute Gasteiger partial charge is 0.398 e. The first-order valence-electron chi connectivity index (χ1n) is 14.9. The molecule has 7 aromatic rings. The zero-order chi connectivity index (χ0) is 29.9. The van der Waals surface area contributed by atoms with E-state index in [-0.39, 0.29) is 0 Å². The van der Waals surface area contributed by atoms with Gasteiger partial charge in [0.15, 0.2) is 0 Å². The van der Waals surface area contributed by atoms with Crippen LogP contribution >= 0.6 is 0 Å². The second-order valence-electron chi connectivity index (χ2n) is 10.9. The van der Waals surface area contributed by atoms with Crippen LogP contribution in [0.2, 0.25) is 0 Å². The van der Waals surface area contributed by atoms with E-state index in [1.807, 2.05) is 24.3 Å². The maximum absolute atomic E-state index is 6.91. The van der Waals surface area contributed by atoms with Crippen LogP contribution in [0.15, 0.2) is 170 Å². The standard InChI is InChI=1S/C42H32N2/c43-41-28-40(38-26-14-12-24-36(38)34-22-10-8-20-32(34)30-17-5-2-6-18-30)42(44)27-39(41)37-25-13-11-23-35(37)33-21-9-7-19-31(33)29-15-3-1-4-16-29/h1-28H,43-44H2. The van der Waals surface area contributed by atoms with Gasteiger partial charge in [-0.1, -0.05) is 158 Å². The van der Waals surface area contributed by atoms with Gasteiger partial charge in [0, 0.05) is 22.5 Å². The van der Waals surface area contributed by atoms with Crippen molar-refractivity contribution in [3.05, 3.63) is 170 Å². The monoisotopic (exact) mass is 564 g/mol. The second-order valence-corrected chi connectivity index (χ2v) is 10.9. The highest BCUT2D eigenvalue weighted by Crippen LogP contribution is 2.45. The quantitative estimate of drug-likeness (QED) is 0.197. The summed E-state index contributed by atoms with van der Waals surface area (Å²) < 4.78 is 0. The van der Waals surface area contributed by atoms with Gasteiger partial charge in [0.1, 0.15) is 0 Å². The van der Waals surface area contributed by atoms with Crippen molar-refractivity contribution in [3.8, 4) is 66.8 Å². The van der Waals surface area contributed by atoms with Crippen molar-refractivity contribution in [3.63, 3.8) is 0 Å². The Morgan fingerprint density at radius 2 is 0.455 bits per heavy atom. The van der Waals surface area contributed by atoms with Gasteiger partial charge in [0.05, 0.1) is 0 Å².